The van der Waals surface area contributed by atoms with Crippen LogP contribution in [0.4, 0.5) is 5.95 Å². The highest BCUT2D eigenvalue weighted by Gasteiger charge is 2.34. The molecule has 0 aliphatic carbocycles. The number of hydrogen-bond acceptors (Lipinski definition) is 6. The summed E-state index contributed by atoms with van der Waals surface area (Å²) >= 11 is 6.02. The minimum atomic E-state index is -0.157. The molecule has 7 heteroatoms. The van der Waals surface area contributed by atoms with E-state index >= 15 is 0 Å². The highest BCUT2D eigenvalue weighted by molar-refractivity contribution is 6.30. The molecule has 0 saturated carbocycles. The van der Waals surface area contributed by atoms with Gasteiger partial charge in [0.25, 0.3) is 5.95 Å². The number of nitrogens with zero attached hydrogens (tertiary/aromatic N) is 3. The van der Waals surface area contributed by atoms with Gasteiger partial charge in [0.05, 0.1) is 6.54 Å². The fourth-order valence-corrected chi connectivity index (χ4v) is 2.93. The third-order valence-corrected chi connectivity index (χ3v) is 4.43. The highest BCUT2D eigenvalue weighted by atomic mass is 35.5. The van der Waals surface area contributed by atoms with Crippen molar-refractivity contribution in [2.45, 2.75) is 24.9 Å². The van der Waals surface area contributed by atoms with Crippen LogP contribution in [-0.2, 0) is 16.8 Å². The molecule has 1 aromatic carbocycles. The summed E-state index contributed by atoms with van der Waals surface area (Å²) in [6.07, 6.45) is 1.78. The zero-order valence-corrected chi connectivity index (χ0v) is 14.1. The van der Waals surface area contributed by atoms with Gasteiger partial charge in [0.2, 0.25) is 5.89 Å². The SMILES string of the molecule is CN(C)c1noc(CNC2(c3ccc(Cl)cc3)CCOCC2)n1. The van der Waals surface area contributed by atoms with E-state index in [0.717, 1.165) is 31.1 Å². The van der Waals surface area contributed by atoms with E-state index in [1.165, 1.54) is 5.56 Å². The van der Waals surface area contributed by atoms with E-state index in [1.54, 1.807) is 0 Å². The summed E-state index contributed by atoms with van der Waals surface area (Å²) in [6, 6.07) is 7.98. The lowest BCUT2D eigenvalue weighted by Gasteiger charge is -2.38. The van der Waals surface area contributed by atoms with Crippen LogP contribution < -0.4 is 10.2 Å². The second-order valence-electron chi connectivity index (χ2n) is 5.94. The number of nitrogens with one attached hydrogen (secondary N) is 1. The van der Waals surface area contributed by atoms with E-state index in [-0.39, 0.29) is 5.54 Å². The van der Waals surface area contributed by atoms with Gasteiger partial charge in [-0.2, -0.15) is 4.98 Å². The van der Waals surface area contributed by atoms with Crippen molar-refractivity contribution in [3.8, 4) is 0 Å². The van der Waals surface area contributed by atoms with Gasteiger partial charge in [-0.3, -0.25) is 5.32 Å². The van der Waals surface area contributed by atoms with Crippen LogP contribution in [-0.4, -0.2) is 37.4 Å². The first kappa shape index (κ1) is 16.2. The van der Waals surface area contributed by atoms with E-state index in [0.29, 0.717) is 18.4 Å². The van der Waals surface area contributed by atoms with Crippen LogP contribution in [0.3, 0.4) is 0 Å². The summed E-state index contributed by atoms with van der Waals surface area (Å²) in [5.41, 5.74) is 1.05. The van der Waals surface area contributed by atoms with Crippen molar-refractivity contribution in [1.29, 1.82) is 0 Å². The highest BCUT2D eigenvalue weighted by Crippen LogP contribution is 2.33. The van der Waals surface area contributed by atoms with Crippen LogP contribution >= 0.6 is 11.6 Å². The Balaban J connectivity index is 1.77. The van der Waals surface area contributed by atoms with Gasteiger partial charge in [-0.1, -0.05) is 23.7 Å². The standard InChI is InChI=1S/C16H21ClN4O2/c1-21(2)15-19-14(23-20-15)11-18-16(7-9-22-10-8-16)12-3-5-13(17)6-4-12/h3-6,18H,7-11H2,1-2H3. The molecular formula is C16H21ClN4O2. The Morgan fingerprint density at radius 2 is 1.91 bits per heavy atom. The van der Waals surface area contributed by atoms with Gasteiger partial charge >= 0.3 is 0 Å². The second kappa shape index (κ2) is 6.86. The molecule has 1 aromatic heterocycles. The smallest absolute Gasteiger partial charge is 0.265 e. The number of ether oxygens (including phenoxy) is 1. The maximum absolute atomic E-state index is 6.02. The van der Waals surface area contributed by atoms with Crippen molar-refractivity contribution in [3.05, 3.63) is 40.7 Å². The predicted molar refractivity (Wildman–Crippen MR) is 88.6 cm³/mol. The molecule has 1 fully saturated rings. The molecule has 0 unspecified atom stereocenters. The lowest BCUT2D eigenvalue weighted by molar-refractivity contribution is 0.0346. The molecule has 124 valence electrons. The van der Waals surface area contributed by atoms with Crippen molar-refractivity contribution in [1.82, 2.24) is 15.5 Å². The monoisotopic (exact) mass is 336 g/mol. The lowest BCUT2D eigenvalue weighted by Crippen LogP contribution is -2.46. The van der Waals surface area contributed by atoms with Gasteiger partial charge < -0.3 is 14.2 Å². The third-order valence-electron chi connectivity index (χ3n) is 4.18. The number of hydrogen-bond donors (Lipinski definition) is 1. The molecule has 2 heterocycles. The van der Waals surface area contributed by atoms with Crippen LogP contribution in [0.25, 0.3) is 0 Å². The van der Waals surface area contributed by atoms with Gasteiger partial charge in [0.15, 0.2) is 0 Å². The molecule has 2 aromatic rings. The van der Waals surface area contributed by atoms with Gasteiger partial charge in [-0.25, -0.2) is 0 Å². The number of benzene rings is 1. The first-order valence-electron chi connectivity index (χ1n) is 7.68. The van der Waals surface area contributed by atoms with Gasteiger partial charge in [0.1, 0.15) is 0 Å². The first-order chi connectivity index (χ1) is 11.1. The molecule has 1 aliphatic heterocycles. The molecule has 23 heavy (non-hydrogen) atoms. The zero-order valence-electron chi connectivity index (χ0n) is 13.4. The minimum Gasteiger partial charge on any atom is -0.381 e. The number of anilines is 1. The van der Waals surface area contributed by atoms with Crippen LogP contribution in [0.2, 0.25) is 5.02 Å². The van der Waals surface area contributed by atoms with Crippen LogP contribution in [0.5, 0.6) is 0 Å². The zero-order chi connectivity index (χ0) is 16.3. The average Bonchev–Trinajstić information content (AvgIpc) is 3.04. The molecule has 0 atom stereocenters. The Bertz CT molecular complexity index is 636. The minimum absolute atomic E-state index is 0.157. The molecular weight excluding hydrogens is 316 g/mol. The Labute approximate surface area is 140 Å². The first-order valence-corrected chi connectivity index (χ1v) is 8.06. The summed E-state index contributed by atoms with van der Waals surface area (Å²) in [6.45, 7) is 1.97. The number of aromatic nitrogens is 2. The van der Waals surface area contributed by atoms with E-state index in [9.17, 15) is 0 Å². The van der Waals surface area contributed by atoms with Crippen molar-refractivity contribution >= 4 is 17.5 Å². The van der Waals surface area contributed by atoms with E-state index in [4.69, 9.17) is 20.9 Å². The van der Waals surface area contributed by atoms with Crippen molar-refractivity contribution in [2.75, 3.05) is 32.2 Å². The largest absolute Gasteiger partial charge is 0.381 e. The molecule has 3 rings (SSSR count). The summed E-state index contributed by atoms with van der Waals surface area (Å²) in [4.78, 5) is 6.18. The Morgan fingerprint density at radius 1 is 1.22 bits per heavy atom. The van der Waals surface area contributed by atoms with Crippen molar-refractivity contribution in [3.63, 3.8) is 0 Å². The van der Waals surface area contributed by atoms with Gasteiger partial charge in [0, 0.05) is 37.9 Å². The summed E-state index contributed by atoms with van der Waals surface area (Å²) in [7, 11) is 3.77. The Morgan fingerprint density at radius 3 is 2.52 bits per heavy atom. The molecule has 0 spiro atoms. The van der Waals surface area contributed by atoms with Gasteiger partial charge in [-0.05, 0) is 35.7 Å². The maximum atomic E-state index is 6.02. The number of rotatable bonds is 5. The summed E-state index contributed by atoms with van der Waals surface area (Å²) in [5.74, 6) is 1.16. The quantitative estimate of drug-likeness (QED) is 0.905. The molecule has 1 saturated heterocycles. The molecule has 0 amide bonds. The fraction of sp³-hybridized carbons (Fsp3) is 0.500. The Hall–Kier alpha value is -1.63. The fourth-order valence-electron chi connectivity index (χ4n) is 2.80. The molecule has 1 aliphatic rings. The second-order valence-corrected chi connectivity index (χ2v) is 6.37. The lowest BCUT2D eigenvalue weighted by atomic mass is 9.82. The van der Waals surface area contributed by atoms with Crippen molar-refractivity contribution in [2.24, 2.45) is 0 Å². The van der Waals surface area contributed by atoms with Crippen LogP contribution in [0.15, 0.2) is 28.8 Å². The maximum Gasteiger partial charge on any atom is 0.265 e. The van der Waals surface area contributed by atoms with E-state index < -0.39 is 0 Å². The van der Waals surface area contributed by atoms with Crippen LogP contribution in [0.1, 0.15) is 24.3 Å². The van der Waals surface area contributed by atoms with Gasteiger partial charge in [-0.15, -0.1) is 0 Å². The molecule has 1 N–H and O–H groups in total. The molecule has 0 radical (unpaired) electrons. The number of halogens is 1. The summed E-state index contributed by atoms with van der Waals surface area (Å²) < 4.78 is 10.8. The average molecular weight is 337 g/mol. The Kier molecular flexibility index (Phi) is 4.84. The molecule has 6 nitrogen and oxygen atoms in total. The summed E-state index contributed by atoms with van der Waals surface area (Å²) in [5, 5.41) is 8.29. The van der Waals surface area contributed by atoms with Crippen molar-refractivity contribution < 1.29 is 9.26 Å². The normalized spacial score (nSPS) is 17.2. The van der Waals surface area contributed by atoms with E-state index in [1.807, 2.05) is 31.1 Å². The third kappa shape index (κ3) is 3.65. The van der Waals surface area contributed by atoms with Crippen LogP contribution in [0, 0.1) is 0 Å². The predicted octanol–water partition coefficient (Wildman–Crippen LogP) is 2.58. The molecule has 0 bridgehead atoms. The van der Waals surface area contributed by atoms with E-state index in [2.05, 4.69) is 27.6 Å². The topological polar surface area (TPSA) is 63.4 Å².